The average molecular weight is 291 g/mol. The number of aromatic nitrogens is 2. The van der Waals surface area contributed by atoms with Gasteiger partial charge in [0.05, 0.1) is 11.2 Å². The number of hydrogen-bond acceptors (Lipinski definition) is 5. The number of furan rings is 1. The van der Waals surface area contributed by atoms with Gasteiger partial charge in [0, 0.05) is 18.0 Å². The maximum atomic E-state index is 5.33. The summed E-state index contributed by atoms with van der Waals surface area (Å²) < 4.78 is 5.33. The van der Waals surface area contributed by atoms with Crippen LogP contribution in [0.5, 0.6) is 0 Å². The van der Waals surface area contributed by atoms with Gasteiger partial charge in [-0.3, -0.25) is 0 Å². The van der Waals surface area contributed by atoms with Crippen molar-refractivity contribution in [3.8, 4) is 0 Å². The summed E-state index contributed by atoms with van der Waals surface area (Å²) in [5.74, 6) is 2.63. The molecular weight excluding hydrogens is 270 g/mol. The number of rotatable bonds is 4. The molecule has 4 nitrogen and oxygen atoms in total. The van der Waals surface area contributed by atoms with Gasteiger partial charge in [0.1, 0.15) is 22.4 Å². The quantitative estimate of drug-likeness (QED) is 0.853. The maximum absolute atomic E-state index is 5.33. The first kappa shape index (κ1) is 14.9. The van der Waals surface area contributed by atoms with Crippen LogP contribution in [-0.4, -0.2) is 16.5 Å². The third-order valence-electron chi connectivity index (χ3n) is 2.76. The highest BCUT2D eigenvalue weighted by Crippen LogP contribution is 2.32. The minimum atomic E-state index is -0.0772. The molecule has 0 spiro atoms. The fraction of sp³-hybridized carbons (Fsp3) is 0.467. The Bertz CT molecular complexity index is 587. The lowest BCUT2D eigenvalue weighted by molar-refractivity contribution is 0.526. The molecule has 1 N–H and O–H groups in total. The zero-order valence-corrected chi connectivity index (χ0v) is 13.5. The van der Waals surface area contributed by atoms with Crippen molar-refractivity contribution >= 4 is 17.6 Å². The van der Waals surface area contributed by atoms with Gasteiger partial charge in [-0.25, -0.2) is 9.97 Å². The first-order valence-corrected chi connectivity index (χ1v) is 7.57. The highest BCUT2D eigenvalue weighted by atomic mass is 32.2. The lowest BCUT2D eigenvalue weighted by Gasteiger charge is -2.18. The van der Waals surface area contributed by atoms with Crippen LogP contribution in [0.3, 0.4) is 0 Å². The van der Waals surface area contributed by atoms with Gasteiger partial charge in [-0.2, -0.15) is 0 Å². The van der Waals surface area contributed by atoms with E-state index in [1.165, 1.54) is 0 Å². The fourth-order valence-electron chi connectivity index (χ4n) is 1.68. The molecule has 20 heavy (non-hydrogen) atoms. The van der Waals surface area contributed by atoms with Crippen molar-refractivity contribution in [3.63, 3.8) is 0 Å². The van der Waals surface area contributed by atoms with Crippen LogP contribution in [0, 0.1) is 6.92 Å². The number of aryl methyl sites for hydroxylation is 1. The molecule has 5 heteroatoms. The molecule has 0 amide bonds. The third kappa shape index (κ3) is 3.54. The third-order valence-corrected chi connectivity index (χ3v) is 3.82. The summed E-state index contributed by atoms with van der Waals surface area (Å²) in [5.41, 5.74) is -0.0772. The molecular formula is C15H21N3OS. The van der Waals surface area contributed by atoms with Gasteiger partial charge in [-0.15, -0.1) is 0 Å². The van der Waals surface area contributed by atoms with Crippen molar-refractivity contribution in [1.29, 1.82) is 0 Å². The van der Waals surface area contributed by atoms with Gasteiger partial charge in [-0.05, 0) is 19.9 Å². The lowest BCUT2D eigenvalue weighted by Crippen LogP contribution is -2.17. The molecule has 2 aromatic rings. The summed E-state index contributed by atoms with van der Waals surface area (Å²) in [5, 5.41) is 4.20. The Morgan fingerprint density at radius 2 is 2.05 bits per heavy atom. The zero-order chi connectivity index (χ0) is 14.8. The van der Waals surface area contributed by atoms with E-state index in [0.717, 1.165) is 33.9 Å². The minimum Gasteiger partial charge on any atom is -0.468 e. The fourth-order valence-corrected chi connectivity index (χ4v) is 2.52. The first-order chi connectivity index (χ1) is 9.40. The molecule has 0 radical (unpaired) electrons. The summed E-state index contributed by atoms with van der Waals surface area (Å²) in [4.78, 5) is 10.3. The monoisotopic (exact) mass is 291 g/mol. The molecule has 0 unspecified atom stereocenters. The van der Waals surface area contributed by atoms with E-state index in [2.05, 4.69) is 43.0 Å². The molecule has 0 aromatic carbocycles. The Hall–Kier alpha value is -1.49. The van der Waals surface area contributed by atoms with E-state index in [-0.39, 0.29) is 5.41 Å². The van der Waals surface area contributed by atoms with Crippen molar-refractivity contribution in [2.75, 3.05) is 11.9 Å². The second kappa shape index (κ2) is 5.87. The lowest BCUT2D eigenvalue weighted by atomic mass is 9.96. The summed E-state index contributed by atoms with van der Waals surface area (Å²) in [6.45, 7) is 11.2. The van der Waals surface area contributed by atoms with Crippen LogP contribution in [0.1, 0.15) is 39.3 Å². The van der Waals surface area contributed by atoms with Crippen LogP contribution < -0.4 is 5.32 Å². The van der Waals surface area contributed by atoms with E-state index < -0.39 is 0 Å². The van der Waals surface area contributed by atoms with E-state index in [0.29, 0.717) is 0 Å². The van der Waals surface area contributed by atoms with Crippen LogP contribution in [0.2, 0.25) is 0 Å². The van der Waals surface area contributed by atoms with Gasteiger partial charge < -0.3 is 9.73 Å². The van der Waals surface area contributed by atoms with Crippen molar-refractivity contribution in [1.82, 2.24) is 9.97 Å². The summed E-state index contributed by atoms with van der Waals surface area (Å²) >= 11 is 1.61. The van der Waals surface area contributed by atoms with E-state index in [1.54, 1.807) is 18.0 Å². The Kier molecular flexibility index (Phi) is 4.38. The molecule has 0 fully saturated rings. The van der Waals surface area contributed by atoms with Gasteiger partial charge in [0.2, 0.25) is 0 Å². The molecule has 108 valence electrons. The number of nitrogens with zero attached hydrogens (tertiary/aromatic N) is 2. The van der Waals surface area contributed by atoms with Gasteiger partial charge >= 0.3 is 0 Å². The molecule has 0 aliphatic heterocycles. The highest BCUT2D eigenvalue weighted by molar-refractivity contribution is 7.99. The van der Waals surface area contributed by atoms with E-state index in [1.807, 2.05) is 19.1 Å². The molecule has 2 aromatic heterocycles. The van der Waals surface area contributed by atoms with Crippen LogP contribution in [0.25, 0.3) is 0 Å². The summed E-state index contributed by atoms with van der Waals surface area (Å²) in [6, 6.07) is 3.95. The van der Waals surface area contributed by atoms with Crippen molar-refractivity contribution in [3.05, 3.63) is 30.0 Å². The molecule has 0 aliphatic carbocycles. The number of anilines is 1. The number of nitrogens with one attached hydrogen (secondary N) is 1. The van der Waals surface area contributed by atoms with Crippen LogP contribution >= 0.6 is 11.8 Å². The van der Waals surface area contributed by atoms with Crippen LogP contribution in [0.15, 0.2) is 32.7 Å². The van der Waals surface area contributed by atoms with Crippen molar-refractivity contribution in [2.45, 2.75) is 50.0 Å². The topological polar surface area (TPSA) is 51.0 Å². The molecule has 0 atom stereocenters. The molecule has 0 bridgehead atoms. The van der Waals surface area contributed by atoms with Crippen LogP contribution in [-0.2, 0) is 5.41 Å². The molecule has 0 saturated heterocycles. The molecule has 2 heterocycles. The zero-order valence-electron chi connectivity index (χ0n) is 12.7. The van der Waals surface area contributed by atoms with Gasteiger partial charge in [0.15, 0.2) is 0 Å². The Balaban J connectivity index is 2.36. The van der Waals surface area contributed by atoms with E-state index in [9.17, 15) is 0 Å². The predicted octanol–water partition coefficient (Wildman–Crippen LogP) is 4.26. The maximum Gasteiger partial charge on any atom is 0.137 e. The molecule has 0 aliphatic rings. The normalized spacial score (nSPS) is 11.7. The molecule has 2 rings (SSSR count). The van der Waals surface area contributed by atoms with E-state index >= 15 is 0 Å². The largest absolute Gasteiger partial charge is 0.468 e. The van der Waals surface area contributed by atoms with Gasteiger partial charge in [0.25, 0.3) is 0 Å². The smallest absolute Gasteiger partial charge is 0.137 e. The SMILES string of the molecule is CCNc1cc(Sc2ccoc2C)nc(C(C)(C)C)n1. The Morgan fingerprint density at radius 3 is 2.60 bits per heavy atom. The standard InChI is InChI=1S/C15H21N3OS/c1-6-16-12-9-13(18-14(17-12)15(3,4)5)20-11-7-8-19-10(11)2/h7-9H,6H2,1-5H3,(H,16,17,18). The van der Waals surface area contributed by atoms with Crippen molar-refractivity contribution < 1.29 is 4.42 Å². The summed E-state index contributed by atoms with van der Waals surface area (Å²) in [7, 11) is 0. The Morgan fingerprint density at radius 1 is 1.30 bits per heavy atom. The first-order valence-electron chi connectivity index (χ1n) is 6.75. The van der Waals surface area contributed by atoms with Crippen LogP contribution in [0.4, 0.5) is 5.82 Å². The minimum absolute atomic E-state index is 0.0772. The second-order valence-corrected chi connectivity index (χ2v) is 6.70. The number of hydrogen-bond donors (Lipinski definition) is 1. The van der Waals surface area contributed by atoms with Crippen molar-refractivity contribution in [2.24, 2.45) is 0 Å². The predicted molar refractivity (Wildman–Crippen MR) is 82.5 cm³/mol. The van der Waals surface area contributed by atoms with Gasteiger partial charge in [-0.1, -0.05) is 32.5 Å². The highest BCUT2D eigenvalue weighted by Gasteiger charge is 2.19. The summed E-state index contributed by atoms with van der Waals surface area (Å²) in [6.07, 6.45) is 1.70. The molecule has 0 saturated carbocycles. The van der Waals surface area contributed by atoms with E-state index in [4.69, 9.17) is 4.42 Å². The average Bonchev–Trinajstić information content (AvgIpc) is 2.74. The Labute approximate surface area is 124 Å². The second-order valence-electron chi connectivity index (χ2n) is 5.64.